The predicted molar refractivity (Wildman–Crippen MR) is 80.3 cm³/mol. The van der Waals surface area contributed by atoms with Gasteiger partial charge in [-0.25, -0.2) is 13.4 Å². The Hall–Kier alpha value is -0.660. The van der Waals surface area contributed by atoms with E-state index in [-0.39, 0.29) is 4.90 Å². The third-order valence-corrected chi connectivity index (χ3v) is 5.86. The lowest BCUT2D eigenvalue weighted by atomic mass is 10.4. The molecule has 1 aromatic heterocycles. The van der Waals surface area contributed by atoms with E-state index in [0.717, 1.165) is 0 Å². The molecule has 0 N–H and O–H groups in total. The largest absolute Gasteiger partial charge is 0.477 e. The molecule has 1 heterocycles. The zero-order chi connectivity index (χ0) is 14.8. The molecule has 0 unspecified atom stereocenters. The minimum absolute atomic E-state index is 0.187. The first-order chi connectivity index (χ1) is 9.48. The first kappa shape index (κ1) is 15.7. The van der Waals surface area contributed by atoms with Crippen LogP contribution in [0.4, 0.5) is 0 Å². The molecule has 0 radical (unpaired) electrons. The number of aromatic nitrogens is 1. The van der Waals surface area contributed by atoms with Crippen molar-refractivity contribution in [3.05, 3.63) is 16.7 Å². The molecule has 0 aliphatic heterocycles. The average molecular weight is 363 g/mol. The SMILES string of the molecule is CCN(CC)S(=O)(=O)c1cnc(OCC2CC2)c(Br)c1. The lowest BCUT2D eigenvalue weighted by Gasteiger charge is -2.18. The second-order valence-corrected chi connectivity index (χ2v) is 7.59. The molecule has 1 saturated carbocycles. The van der Waals surface area contributed by atoms with Crippen LogP contribution in [0.1, 0.15) is 26.7 Å². The number of hydrogen-bond donors (Lipinski definition) is 0. The molecule has 7 heteroatoms. The Morgan fingerprint density at radius 3 is 2.55 bits per heavy atom. The first-order valence-corrected chi connectivity index (χ1v) is 9.00. The number of pyridine rings is 1. The molecule has 1 aliphatic carbocycles. The molecule has 112 valence electrons. The van der Waals surface area contributed by atoms with Crippen LogP contribution in [0.15, 0.2) is 21.6 Å². The van der Waals surface area contributed by atoms with Crippen molar-refractivity contribution >= 4 is 26.0 Å². The van der Waals surface area contributed by atoms with Crippen molar-refractivity contribution in [3.63, 3.8) is 0 Å². The van der Waals surface area contributed by atoms with Crippen molar-refractivity contribution in [2.24, 2.45) is 5.92 Å². The molecule has 1 fully saturated rings. The van der Waals surface area contributed by atoms with Gasteiger partial charge < -0.3 is 4.74 Å². The highest BCUT2D eigenvalue weighted by Gasteiger charge is 2.25. The van der Waals surface area contributed by atoms with Gasteiger partial charge in [0.1, 0.15) is 4.90 Å². The topological polar surface area (TPSA) is 59.5 Å². The molecule has 1 aromatic rings. The number of nitrogens with zero attached hydrogens (tertiary/aromatic N) is 2. The van der Waals surface area contributed by atoms with E-state index in [1.165, 1.54) is 23.3 Å². The zero-order valence-electron chi connectivity index (χ0n) is 11.7. The Balaban J connectivity index is 2.18. The van der Waals surface area contributed by atoms with E-state index in [1.54, 1.807) is 6.07 Å². The van der Waals surface area contributed by atoms with Gasteiger partial charge >= 0.3 is 0 Å². The molecule has 0 saturated heterocycles. The lowest BCUT2D eigenvalue weighted by Crippen LogP contribution is -2.30. The van der Waals surface area contributed by atoms with Gasteiger partial charge in [0, 0.05) is 13.1 Å². The average Bonchev–Trinajstić information content (AvgIpc) is 3.22. The van der Waals surface area contributed by atoms with E-state index in [4.69, 9.17) is 4.74 Å². The highest BCUT2D eigenvalue weighted by molar-refractivity contribution is 9.10. The first-order valence-electron chi connectivity index (χ1n) is 6.77. The number of ether oxygens (including phenoxy) is 1. The Kier molecular flexibility index (Phi) is 5.04. The van der Waals surface area contributed by atoms with E-state index in [9.17, 15) is 8.42 Å². The fraction of sp³-hybridized carbons (Fsp3) is 0.615. The van der Waals surface area contributed by atoms with Gasteiger partial charge in [0.05, 0.1) is 17.3 Å². The van der Waals surface area contributed by atoms with E-state index in [0.29, 0.717) is 36.0 Å². The highest BCUT2D eigenvalue weighted by Crippen LogP contribution is 2.31. The van der Waals surface area contributed by atoms with Crippen molar-refractivity contribution in [3.8, 4) is 5.88 Å². The van der Waals surface area contributed by atoms with Gasteiger partial charge in [0.25, 0.3) is 0 Å². The van der Waals surface area contributed by atoms with Gasteiger partial charge in [0.15, 0.2) is 0 Å². The zero-order valence-corrected chi connectivity index (χ0v) is 14.1. The summed E-state index contributed by atoms with van der Waals surface area (Å²) < 4.78 is 32.3. The fourth-order valence-electron chi connectivity index (χ4n) is 1.85. The van der Waals surface area contributed by atoms with Crippen molar-refractivity contribution in [1.29, 1.82) is 0 Å². The van der Waals surface area contributed by atoms with Crippen LogP contribution in [0.2, 0.25) is 0 Å². The summed E-state index contributed by atoms with van der Waals surface area (Å²) in [5.74, 6) is 1.08. The molecule has 0 aromatic carbocycles. The van der Waals surface area contributed by atoms with E-state index in [2.05, 4.69) is 20.9 Å². The number of sulfonamides is 1. The van der Waals surface area contributed by atoms with E-state index >= 15 is 0 Å². The second-order valence-electron chi connectivity index (χ2n) is 4.80. The predicted octanol–water partition coefficient (Wildman–Crippen LogP) is 2.66. The van der Waals surface area contributed by atoms with Crippen LogP contribution in [0.5, 0.6) is 5.88 Å². The summed E-state index contributed by atoms with van der Waals surface area (Å²) in [6.45, 7) is 5.16. The smallest absolute Gasteiger partial charge is 0.244 e. The molecule has 20 heavy (non-hydrogen) atoms. The van der Waals surface area contributed by atoms with Crippen LogP contribution in [0, 0.1) is 5.92 Å². The molecule has 0 atom stereocenters. The third kappa shape index (κ3) is 3.51. The molecular weight excluding hydrogens is 344 g/mol. The standard InChI is InChI=1S/C13H19BrN2O3S/c1-3-16(4-2)20(17,18)11-7-12(14)13(15-8-11)19-9-10-5-6-10/h7-8,10H,3-6,9H2,1-2H3. The molecule has 5 nitrogen and oxygen atoms in total. The van der Waals surface area contributed by atoms with Gasteiger partial charge in [-0.1, -0.05) is 13.8 Å². The maximum atomic E-state index is 12.4. The van der Waals surface area contributed by atoms with Crippen LogP contribution < -0.4 is 4.74 Å². The quantitative estimate of drug-likeness (QED) is 0.747. The van der Waals surface area contributed by atoms with Crippen LogP contribution >= 0.6 is 15.9 Å². The van der Waals surface area contributed by atoms with Gasteiger partial charge in [-0.15, -0.1) is 0 Å². The molecule has 0 amide bonds. The third-order valence-electron chi connectivity index (χ3n) is 3.28. The van der Waals surface area contributed by atoms with Crippen LogP contribution in [-0.4, -0.2) is 37.4 Å². The van der Waals surface area contributed by atoms with Crippen molar-refractivity contribution in [1.82, 2.24) is 9.29 Å². The molecule has 2 rings (SSSR count). The number of rotatable bonds is 7. The Labute approximate surface area is 128 Å². The Bertz CT molecular complexity index is 569. The molecule has 1 aliphatic rings. The monoisotopic (exact) mass is 362 g/mol. The van der Waals surface area contributed by atoms with Crippen LogP contribution in [-0.2, 0) is 10.0 Å². The second kappa shape index (κ2) is 6.41. The lowest BCUT2D eigenvalue weighted by molar-refractivity contribution is 0.286. The number of halogens is 1. The Morgan fingerprint density at radius 1 is 1.40 bits per heavy atom. The summed E-state index contributed by atoms with van der Waals surface area (Å²) in [5.41, 5.74) is 0. The fourth-order valence-corrected chi connectivity index (χ4v) is 3.89. The summed E-state index contributed by atoms with van der Waals surface area (Å²) >= 11 is 3.33. The van der Waals surface area contributed by atoms with Crippen molar-refractivity contribution < 1.29 is 13.2 Å². The van der Waals surface area contributed by atoms with Crippen LogP contribution in [0.3, 0.4) is 0 Å². The van der Waals surface area contributed by atoms with Gasteiger partial charge in [-0.2, -0.15) is 4.31 Å². The van der Waals surface area contributed by atoms with Crippen molar-refractivity contribution in [2.75, 3.05) is 19.7 Å². The van der Waals surface area contributed by atoms with Gasteiger partial charge in [0.2, 0.25) is 15.9 Å². The summed E-state index contributed by atoms with van der Waals surface area (Å²) in [5, 5.41) is 0. The normalized spacial score (nSPS) is 15.6. The Morgan fingerprint density at radius 2 is 2.05 bits per heavy atom. The van der Waals surface area contributed by atoms with E-state index < -0.39 is 10.0 Å². The molecular formula is C13H19BrN2O3S. The summed E-state index contributed by atoms with van der Waals surface area (Å²) in [6, 6.07) is 1.56. The summed E-state index contributed by atoms with van der Waals surface area (Å²) in [4.78, 5) is 4.31. The molecule has 0 bridgehead atoms. The van der Waals surface area contributed by atoms with Crippen LogP contribution in [0.25, 0.3) is 0 Å². The van der Waals surface area contributed by atoms with Gasteiger partial charge in [-0.3, -0.25) is 0 Å². The minimum atomic E-state index is -3.47. The minimum Gasteiger partial charge on any atom is -0.477 e. The maximum Gasteiger partial charge on any atom is 0.244 e. The summed E-state index contributed by atoms with van der Waals surface area (Å²) in [7, 11) is -3.47. The van der Waals surface area contributed by atoms with Gasteiger partial charge in [-0.05, 0) is 40.8 Å². The maximum absolute atomic E-state index is 12.4. The van der Waals surface area contributed by atoms with E-state index in [1.807, 2.05) is 13.8 Å². The summed E-state index contributed by atoms with van der Waals surface area (Å²) in [6.07, 6.45) is 3.76. The molecule has 0 spiro atoms. The van der Waals surface area contributed by atoms with Crippen molar-refractivity contribution in [2.45, 2.75) is 31.6 Å². The number of hydrogen-bond acceptors (Lipinski definition) is 4. The highest BCUT2D eigenvalue weighted by atomic mass is 79.9.